The minimum Gasteiger partial charge on any atom is -0.396 e. The van der Waals surface area contributed by atoms with E-state index in [2.05, 4.69) is 25.8 Å². The summed E-state index contributed by atoms with van der Waals surface area (Å²) in [4.78, 5) is 14.6. The summed E-state index contributed by atoms with van der Waals surface area (Å²) in [5, 5.41) is 23.9. The number of halogens is 2. The van der Waals surface area contributed by atoms with Gasteiger partial charge < -0.3 is 15.7 Å². The fraction of sp³-hybridized carbons (Fsp3) is 0.111. The van der Waals surface area contributed by atoms with Crippen LogP contribution in [0, 0.1) is 5.82 Å². The van der Waals surface area contributed by atoms with Crippen LogP contribution in [-0.2, 0) is 4.79 Å². The zero-order valence-corrected chi connectivity index (χ0v) is 16.0. The molecule has 28 heavy (non-hydrogen) atoms. The highest BCUT2D eigenvalue weighted by molar-refractivity contribution is 7.99. The number of anilines is 3. The Kier molecular flexibility index (Phi) is 6.75. The Bertz CT molecular complexity index is 992. The summed E-state index contributed by atoms with van der Waals surface area (Å²) in [5.74, 6) is 0.317. The number of carbonyl (C=O) groups excluding carboxylic acids is 1. The average molecular weight is 420 g/mol. The van der Waals surface area contributed by atoms with Gasteiger partial charge in [0, 0.05) is 34.3 Å². The zero-order chi connectivity index (χ0) is 19.9. The van der Waals surface area contributed by atoms with Crippen molar-refractivity contribution in [2.24, 2.45) is 0 Å². The van der Waals surface area contributed by atoms with Gasteiger partial charge in [0.2, 0.25) is 6.41 Å². The Balaban J connectivity index is 1.99. The van der Waals surface area contributed by atoms with Crippen molar-refractivity contribution in [1.29, 1.82) is 0 Å². The van der Waals surface area contributed by atoms with E-state index in [0.29, 0.717) is 45.1 Å². The molecule has 2 heterocycles. The molecular weight excluding hydrogens is 405 g/mol. The minimum absolute atomic E-state index is 0.0287. The lowest BCUT2D eigenvalue weighted by Crippen LogP contribution is -2.02. The van der Waals surface area contributed by atoms with Crippen LogP contribution in [0.15, 0.2) is 47.6 Å². The molecule has 0 saturated carbocycles. The van der Waals surface area contributed by atoms with Crippen LogP contribution in [0.2, 0.25) is 5.02 Å². The lowest BCUT2D eigenvalue weighted by atomic mass is 10.1. The second-order valence-electron chi connectivity index (χ2n) is 5.46. The number of aliphatic hydroxyl groups excluding tert-OH is 1. The largest absolute Gasteiger partial charge is 0.396 e. The van der Waals surface area contributed by atoms with Crippen LogP contribution in [-0.4, -0.2) is 39.1 Å². The molecule has 7 nitrogen and oxygen atoms in total. The van der Waals surface area contributed by atoms with Gasteiger partial charge in [-0.3, -0.25) is 4.79 Å². The molecule has 0 aliphatic heterocycles. The van der Waals surface area contributed by atoms with Crippen molar-refractivity contribution in [2.45, 2.75) is 5.03 Å². The second-order valence-corrected chi connectivity index (χ2v) is 6.98. The molecule has 0 saturated heterocycles. The Morgan fingerprint density at radius 3 is 2.86 bits per heavy atom. The van der Waals surface area contributed by atoms with Crippen LogP contribution < -0.4 is 10.6 Å². The van der Waals surface area contributed by atoms with Crippen LogP contribution in [0.1, 0.15) is 0 Å². The number of amides is 1. The van der Waals surface area contributed by atoms with Gasteiger partial charge in [0.25, 0.3) is 0 Å². The Morgan fingerprint density at radius 1 is 1.21 bits per heavy atom. The number of aliphatic hydroxyl groups is 1. The smallest absolute Gasteiger partial charge is 0.212 e. The van der Waals surface area contributed by atoms with Crippen molar-refractivity contribution >= 4 is 47.0 Å². The quantitative estimate of drug-likeness (QED) is 0.378. The van der Waals surface area contributed by atoms with Crippen LogP contribution in [0.25, 0.3) is 11.3 Å². The molecule has 0 unspecified atom stereocenters. The maximum absolute atomic E-state index is 14.2. The van der Waals surface area contributed by atoms with Gasteiger partial charge in [-0.25, -0.2) is 9.37 Å². The van der Waals surface area contributed by atoms with E-state index in [1.165, 1.54) is 36.2 Å². The number of aromatic nitrogens is 3. The van der Waals surface area contributed by atoms with Gasteiger partial charge in [-0.15, -0.1) is 22.0 Å². The third kappa shape index (κ3) is 4.94. The summed E-state index contributed by atoms with van der Waals surface area (Å²) in [6.45, 7) is -0.0287. The van der Waals surface area contributed by atoms with Gasteiger partial charge in [0.1, 0.15) is 16.7 Å². The van der Waals surface area contributed by atoms with E-state index in [0.717, 1.165) is 0 Å². The molecule has 0 bridgehead atoms. The highest BCUT2D eigenvalue weighted by atomic mass is 35.5. The molecule has 10 heteroatoms. The van der Waals surface area contributed by atoms with Crippen molar-refractivity contribution in [2.75, 3.05) is 23.0 Å². The highest BCUT2D eigenvalue weighted by Crippen LogP contribution is 2.32. The number of hydrogen-bond acceptors (Lipinski definition) is 7. The number of benzene rings is 1. The van der Waals surface area contributed by atoms with E-state index < -0.39 is 5.82 Å². The molecule has 3 aromatic rings. The van der Waals surface area contributed by atoms with Crippen molar-refractivity contribution < 1.29 is 14.3 Å². The topological polar surface area (TPSA) is 100 Å². The van der Waals surface area contributed by atoms with Crippen LogP contribution in [0.5, 0.6) is 0 Å². The Hall–Kier alpha value is -2.75. The van der Waals surface area contributed by atoms with Crippen LogP contribution in [0.4, 0.5) is 21.6 Å². The number of rotatable bonds is 8. The lowest BCUT2D eigenvalue weighted by molar-refractivity contribution is -0.105. The van der Waals surface area contributed by atoms with E-state index in [1.807, 2.05) is 0 Å². The molecule has 3 rings (SSSR count). The third-order valence-corrected chi connectivity index (χ3v) is 4.74. The predicted molar refractivity (Wildman–Crippen MR) is 107 cm³/mol. The first-order chi connectivity index (χ1) is 13.6. The van der Waals surface area contributed by atoms with Crippen molar-refractivity contribution in [3.63, 3.8) is 0 Å². The summed E-state index contributed by atoms with van der Waals surface area (Å²) in [5.41, 5.74) is 1.72. The molecule has 0 fully saturated rings. The first-order valence-electron chi connectivity index (χ1n) is 8.11. The molecule has 0 aliphatic carbocycles. The standard InChI is InChI=1S/C18H15ClFN5O2S/c19-11-1-2-14(20)13(7-11)15-9-16(18(25-24-15)28-6-5-26)23-12-3-4-21-17(8-12)22-10-27/h1-4,7-10,26H,5-6H2,(H2,21,22,23,24,27). The van der Waals surface area contributed by atoms with Crippen LogP contribution >= 0.6 is 23.4 Å². The third-order valence-electron chi connectivity index (χ3n) is 3.54. The first kappa shape index (κ1) is 20.0. The number of hydrogen-bond donors (Lipinski definition) is 3. The fourth-order valence-corrected chi connectivity index (χ4v) is 3.17. The highest BCUT2D eigenvalue weighted by Gasteiger charge is 2.13. The van der Waals surface area contributed by atoms with Crippen LogP contribution in [0.3, 0.4) is 0 Å². The summed E-state index contributed by atoms with van der Waals surface area (Å²) < 4.78 is 14.2. The maximum atomic E-state index is 14.2. The summed E-state index contributed by atoms with van der Waals surface area (Å²) in [6.07, 6.45) is 2.06. The lowest BCUT2D eigenvalue weighted by Gasteiger charge is -2.13. The van der Waals surface area contributed by atoms with Gasteiger partial charge in [0.15, 0.2) is 0 Å². The molecule has 3 N–H and O–H groups in total. The van der Waals surface area contributed by atoms with E-state index in [1.54, 1.807) is 18.2 Å². The van der Waals surface area contributed by atoms with E-state index in [4.69, 9.17) is 16.7 Å². The molecule has 1 amide bonds. The first-order valence-corrected chi connectivity index (χ1v) is 9.47. The molecule has 1 aromatic carbocycles. The van der Waals surface area contributed by atoms with E-state index in [-0.39, 0.29) is 12.2 Å². The Morgan fingerprint density at radius 2 is 2.07 bits per heavy atom. The summed E-state index contributed by atoms with van der Waals surface area (Å²) >= 11 is 7.28. The van der Waals surface area contributed by atoms with Crippen molar-refractivity contribution in [3.05, 3.63) is 53.4 Å². The van der Waals surface area contributed by atoms with Gasteiger partial charge >= 0.3 is 0 Å². The Labute approximate surface area is 169 Å². The van der Waals surface area contributed by atoms with Gasteiger partial charge in [-0.05, 0) is 30.3 Å². The minimum atomic E-state index is -0.471. The monoisotopic (exact) mass is 419 g/mol. The average Bonchev–Trinajstić information content (AvgIpc) is 2.69. The molecular formula is C18H15ClFN5O2S. The second kappa shape index (κ2) is 9.45. The number of carbonyl (C=O) groups is 1. The predicted octanol–water partition coefficient (Wildman–Crippen LogP) is 3.73. The van der Waals surface area contributed by atoms with E-state index >= 15 is 0 Å². The van der Waals surface area contributed by atoms with Gasteiger partial charge in [-0.1, -0.05) is 11.6 Å². The zero-order valence-electron chi connectivity index (χ0n) is 14.4. The molecule has 0 radical (unpaired) electrons. The number of nitrogens with one attached hydrogen (secondary N) is 2. The van der Waals surface area contributed by atoms with E-state index in [9.17, 15) is 9.18 Å². The van der Waals surface area contributed by atoms with Gasteiger partial charge in [-0.2, -0.15) is 0 Å². The van der Waals surface area contributed by atoms with Crippen molar-refractivity contribution in [1.82, 2.24) is 15.2 Å². The SMILES string of the molecule is O=CNc1cc(Nc2cc(-c3cc(Cl)ccc3F)nnc2SCCO)ccn1. The molecule has 0 aliphatic rings. The molecule has 144 valence electrons. The normalized spacial score (nSPS) is 10.5. The fourth-order valence-electron chi connectivity index (χ4n) is 2.35. The number of nitrogens with zero attached hydrogens (tertiary/aromatic N) is 3. The summed E-state index contributed by atoms with van der Waals surface area (Å²) in [7, 11) is 0. The molecule has 0 spiro atoms. The van der Waals surface area contributed by atoms with Crippen molar-refractivity contribution in [3.8, 4) is 11.3 Å². The molecule has 0 atom stereocenters. The maximum Gasteiger partial charge on any atom is 0.212 e. The number of thioether (sulfide) groups is 1. The summed E-state index contributed by atoms with van der Waals surface area (Å²) in [6, 6.07) is 9.18. The molecule has 2 aromatic heterocycles. The number of pyridine rings is 1. The van der Waals surface area contributed by atoms with Gasteiger partial charge in [0.05, 0.1) is 18.0 Å².